The molecule has 38 heavy (non-hydrogen) atoms. The first-order chi connectivity index (χ1) is 17.3. The molecule has 0 bridgehead atoms. The van der Waals surface area contributed by atoms with Crippen molar-refractivity contribution < 1.29 is 44.7 Å². The van der Waals surface area contributed by atoms with Crippen LogP contribution >= 0.6 is 39.1 Å². The third-order valence-corrected chi connectivity index (χ3v) is 6.03. The summed E-state index contributed by atoms with van der Waals surface area (Å²) in [4.78, 5) is 24.2. The average Bonchev–Trinajstić information content (AvgIpc) is 2.75. The first kappa shape index (κ1) is 31.8. The lowest BCUT2D eigenvalue weighted by atomic mass is 9.91. The van der Waals surface area contributed by atoms with Crippen LogP contribution in [0.4, 0.5) is 35.1 Å². The van der Waals surface area contributed by atoms with E-state index in [0.717, 1.165) is 25.1 Å². The minimum atomic E-state index is -5.90. The molecular formula is C23H17BrCl2F8N2O2. The topological polar surface area (TPSA) is 58.2 Å². The summed E-state index contributed by atoms with van der Waals surface area (Å²) in [6.07, 6.45) is -8.96. The Hall–Kier alpha value is -2.38. The highest BCUT2D eigenvalue weighted by atomic mass is 79.9. The number of benzene rings is 2. The van der Waals surface area contributed by atoms with Crippen LogP contribution < -0.4 is 10.6 Å². The van der Waals surface area contributed by atoms with Crippen LogP contribution in [0, 0.1) is 0 Å². The molecule has 0 spiro atoms. The predicted octanol–water partition coefficient (Wildman–Crippen LogP) is 7.55. The minimum absolute atomic E-state index is 0.0602. The molecule has 0 radical (unpaired) electrons. The maximum Gasteiger partial charge on any atom is 0.454 e. The number of rotatable bonds is 8. The van der Waals surface area contributed by atoms with Gasteiger partial charge in [-0.1, -0.05) is 41.4 Å². The van der Waals surface area contributed by atoms with E-state index >= 15 is 0 Å². The molecule has 2 atom stereocenters. The Kier molecular flexibility index (Phi) is 10.2. The molecular weight excluding hydrogens is 639 g/mol. The summed E-state index contributed by atoms with van der Waals surface area (Å²) in [7, 11) is 0. The van der Waals surface area contributed by atoms with Gasteiger partial charge in [0, 0.05) is 14.5 Å². The van der Waals surface area contributed by atoms with Crippen molar-refractivity contribution >= 4 is 57.0 Å². The summed E-state index contributed by atoms with van der Waals surface area (Å²) < 4.78 is 105. The van der Waals surface area contributed by atoms with Crippen molar-refractivity contribution in [2.75, 3.05) is 6.54 Å². The van der Waals surface area contributed by atoms with Crippen molar-refractivity contribution in [1.29, 1.82) is 0 Å². The average molecular weight is 656 g/mol. The second-order valence-electron chi connectivity index (χ2n) is 7.93. The van der Waals surface area contributed by atoms with Gasteiger partial charge < -0.3 is 10.6 Å². The number of amides is 2. The quantitative estimate of drug-likeness (QED) is 0.289. The number of halogens is 11. The maximum absolute atomic E-state index is 14.4. The number of carbonyl (C=O) groups is 2. The van der Waals surface area contributed by atoms with Crippen LogP contribution in [0.5, 0.6) is 0 Å². The molecule has 2 aromatic carbocycles. The molecule has 0 aliphatic heterocycles. The lowest BCUT2D eigenvalue weighted by Crippen LogP contribution is -2.47. The van der Waals surface area contributed by atoms with E-state index in [2.05, 4.69) is 21.2 Å². The summed E-state index contributed by atoms with van der Waals surface area (Å²) in [5.74, 6) is -9.66. The summed E-state index contributed by atoms with van der Waals surface area (Å²) in [6.45, 7) is -0.440. The fraction of sp³-hybridized carbons (Fsp3) is 0.304. The Labute approximate surface area is 229 Å². The zero-order valence-corrected chi connectivity index (χ0v) is 22.1. The van der Waals surface area contributed by atoms with Gasteiger partial charge in [-0.05, 0) is 64.3 Å². The van der Waals surface area contributed by atoms with Gasteiger partial charge in [0.05, 0.1) is 11.5 Å². The normalized spacial score (nSPS) is 14.3. The van der Waals surface area contributed by atoms with Crippen molar-refractivity contribution in [2.24, 2.45) is 0 Å². The van der Waals surface area contributed by atoms with Crippen molar-refractivity contribution in [3.05, 3.63) is 73.7 Å². The van der Waals surface area contributed by atoms with E-state index in [1.54, 1.807) is 5.32 Å². The van der Waals surface area contributed by atoms with Crippen molar-refractivity contribution in [1.82, 2.24) is 10.6 Å². The van der Waals surface area contributed by atoms with Gasteiger partial charge >= 0.3 is 18.3 Å². The Bertz CT molecular complexity index is 1200. The number of hydrogen-bond acceptors (Lipinski definition) is 2. The molecule has 0 saturated carbocycles. The minimum Gasteiger partial charge on any atom is -0.345 e. The summed E-state index contributed by atoms with van der Waals surface area (Å²) >= 11 is 14.6. The maximum atomic E-state index is 14.4. The molecule has 208 valence electrons. The van der Waals surface area contributed by atoms with Gasteiger partial charge in [0.15, 0.2) is 0 Å². The van der Waals surface area contributed by atoms with Crippen LogP contribution in [0.25, 0.3) is 6.08 Å². The highest BCUT2D eigenvalue weighted by Crippen LogP contribution is 2.47. The fourth-order valence-corrected chi connectivity index (χ4v) is 4.20. The van der Waals surface area contributed by atoms with Crippen molar-refractivity contribution in [3.63, 3.8) is 0 Å². The monoisotopic (exact) mass is 654 g/mol. The van der Waals surface area contributed by atoms with Crippen LogP contribution in [-0.2, 0) is 4.79 Å². The zero-order valence-electron chi connectivity index (χ0n) is 19.0. The van der Waals surface area contributed by atoms with E-state index in [0.29, 0.717) is 6.08 Å². The molecule has 2 N–H and O–H groups in total. The third-order valence-electron chi connectivity index (χ3n) is 4.94. The largest absolute Gasteiger partial charge is 0.454 e. The number of allylic oxidation sites excluding steroid dienone is 1. The molecule has 15 heteroatoms. The molecule has 2 rings (SSSR count). The predicted molar refractivity (Wildman–Crippen MR) is 129 cm³/mol. The van der Waals surface area contributed by atoms with E-state index < -0.39 is 54.2 Å². The van der Waals surface area contributed by atoms with Gasteiger partial charge in [-0.25, -0.2) is 0 Å². The Morgan fingerprint density at radius 2 is 1.55 bits per heavy atom. The molecule has 0 fully saturated rings. The highest BCUT2D eigenvalue weighted by molar-refractivity contribution is 9.10. The van der Waals surface area contributed by atoms with Gasteiger partial charge in [0.25, 0.3) is 5.91 Å². The lowest BCUT2D eigenvalue weighted by Gasteiger charge is -2.27. The van der Waals surface area contributed by atoms with E-state index in [1.165, 1.54) is 24.3 Å². The number of hydrogen-bond donors (Lipinski definition) is 2. The van der Waals surface area contributed by atoms with Gasteiger partial charge in [-0.3, -0.25) is 9.59 Å². The Morgan fingerprint density at radius 3 is 2.05 bits per heavy atom. The van der Waals surface area contributed by atoms with Crippen LogP contribution in [0.15, 0.2) is 46.9 Å². The molecule has 0 aromatic heterocycles. The van der Waals surface area contributed by atoms with Crippen LogP contribution in [0.1, 0.15) is 34.3 Å². The standard InChI is InChI=1S/C23H17BrCl2F8N2O2/c1-11(19(37)35-10-21(27,28)29)36-20(38)16-4-2-12(6-18(16)24)3-5-17(22(30,31)23(32,33)34)13-7-14(25)9-15(26)8-13/h2-9,11,17H,10H2,1H3,(H,35,37)(H,36,38)/b5-3+. The summed E-state index contributed by atoms with van der Waals surface area (Å²) in [5, 5.41) is 3.51. The molecule has 4 nitrogen and oxygen atoms in total. The molecule has 0 saturated heterocycles. The van der Waals surface area contributed by atoms with Crippen LogP contribution in [0.3, 0.4) is 0 Å². The molecule has 2 amide bonds. The van der Waals surface area contributed by atoms with Gasteiger partial charge in [-0.2, -0.15) is 35.1 Å². The van der Waals surface area contributed by atoms with E-state index in [-0.39, 0.29) is 25.6 Å². The number of alkyl halides is 8. The molecule has 0 aliphatic carbocycles. The first-order valence-corrected chi connectivity index (χ1v) is 11.9. The summed E-state index contributed by atoms with van der Waals surface area (Å²) in [6, 6.07) is 5.31. The number of nitrogens with one attached hydrogen (secondary N) is 2. The molecule has 2 unspecified atom stereocenters. The SMILES string of the molecule is CC(NC(=O)c1ccc(/C=C/C(c2cc(Cl)cc(Cl)c2)C(F)(F)C(F)(F)F)cc1Br)C(=O)NCC(F)(F)F. The van der Waals surface area contributed by atoms with E-state index in [4.69, 9.17) is 23.2 Å². The van der Waals surface area contributed by atoms with Gasteiger partial charge in [-0.15, -0.1) is 0 Å². The first-order valence-electron chi connectivity index (χ1n) is 10.4. The highest BCUT2D eigenvalue weighted by Gasteiger charge is 2.61. The summed E-state index contributed by atoms with van der Waals surface area (Å²) in [5.41, 5.74) is -0.467. The van der Waals surface area contributed by atoms with Crippen LogP contribution in [0.2, 0.25) is 10.0 Å². The third kappa shape index (κ3) is 8.57. The number of carbonyl (C=O) groups excluding carboxylic acids is 2. The second kappa shape index (κ2) is 12.2. The van der Waals surface area contributed by atoms with Gasteiger partial charge in [0.2, 0.25) is 5.91 Å². The molecule has 0 heterocycles. The lowest BCUT2D eigenvalue weighted by molar-refractivity contribution is -0.286. The zero-order chi connectivity index (χ0) is 29.1. The second-order valence-corrected chi connectivity index (χ2v) is 9.65. The van der Waals surface area contributed by atoms with E-state index in [9.17, 15) is 44.7 Å². The van der Waals surface area contributed by atoms with E-state index in [1.807, 2.05) is 0 Å². The van der Waals surface area contributed by atoms with Crippen molar-refractivity contribution in [3.8, 4) is 0 Å². The van der Waals surface area contributed by atoms with Crippen LogP contribution in [-0.4, -0.2) is 42.7 Å². The van der Waals surface area contributed by atoms with Crippen molar-refractivity contribution in [2.45, 2.75) is 37.2 Å². The fourth-order valence-electron chi connectivity index (χ4n) is 3.08. The molecule has 0 aliphatic rings. The van der Waals surface area contributed by atoms with Gasteiger partial charge in [0.1, 0.15) is 12.6 Å². The smallest absolute Gasteiger partial charge is 0.345 e. The Balaban J connectivity index is 2.28. The Morgan fingerprint density at radius 1 is 0.974 bits per heavy atom. The molecule has 2 aromatic rings.